The predicted molar refractivity (Wildman–Crippen MR) is 132 cm³/mol. The number of anilines is 3. The van der Waals surface area contributed by atoms with Crippen LogP contribution in [0.3, 0.4) is 0 Å². The second-order valence-electron chi connectivity index (χ2n) is 7.91. The molecule has 0 saturated heterocycles. The SMILES string of the molecule is Cc1ccc(C(=O)NCc2ccc(N(C)C)cc2)cc1Nc1nccc(-c2cccnc2)n1. The largest absolute Gasteiger partial charge is 0.378 e. The molecular formula is C26H26N6O. The van der Waals surface area contributed by atoms with Crippen molar-refractivity contribution in [2.24, 2.45) is 0 Å². The summed E-state index contributed by atoms with van der Waals surface area (Å²) in [7, 11) is 4.00. The molecule has 0 unspecified atom stereocenters. The normalized spacial score (nSPS) is 10.5. The third kappa shape index (κ3) is 5.51. The van der Waals surface area contributed by atoms with E-state index in [0.29, 0.717) is 18.1 Å². The average Bonchev–Trinajstić information content (AvgIpc) is 2.85. The number of aryl methyl sites for hydroxylation is 1. The first-order chi connectivity index (χ1) is 16.0. The van der Waals surface area contributed by atoms with Gasteiger partial charge in [0.25, 0.3) is 5.91 Å². The molecule has 0 atom stereocenters. The third-order valence-corrected chi connectivity index (χ3v) is 5.26. The highest BCUT2D eigenvalue weighted by atomic mass is 16.1. The monoisotopic (exact) mass is 438 g/mol. The Balaban J connectivity index is 1.46. The molecule has 2 aromatic heterocycles. The van der Waals surface area contributed by atoms with E-state index in [-0.39, 0.29) is 5.91 Å². The van der Waals surface area contributed by atoms with Crippen LogP contribution in [0.2, 0.25) is 0 Å². The van der Waals surface area contributed by atoms with Crippen molar-refractivity contribution >= 4 is 23.2 Å². The summed E-state index contributed by atoms with van der Waals surface area (Å²) in [6.07, 6.45) is 5.18. The van der Waals surface area contributed by atoms with Crippen molar-refractivity contribution in [1.29, 1.82) is 0 Å². The number of carbonyl (C=O) groups excluding carboxylic acids is 1. The smallest absolute Gasteiger partial charge is 0.251 e. The molecule has 0 fully saturated rings. The summed E-state index contributed by atoms with van der Waals surface area (Å²) in [5.41, 5.74) is 6.17. The summed E-state index contributed by atoms with van der Waals surface area (Å²) in [6, 6.07) is 19.3. The van der Waals surface area contributed by atoms with Gasteiger partial charge in [-0.2, -0.15) is 0 Å². The van der Waals surface area contributed by atoms with E-state index in [0.717, 1.165) is 33.8 Å². The molecule has 7 nitrogen and oxygen atoms in total. The maximum atomic E-state index is 12.8. The number of carbonyl (C=O) groups is 1. The fourth-order valence-electron chi connectivity index (χ4n) is 3.31. The fraction of sp³-hybridized carbons (Fsp3) is 0.154. The van der Waals surface area contributed by atoms with E-state index in [9.17, 15) is 4.79 Å². The highest BCUT2D eigenvalue weighted by molar-refractivity contribution is 5.95. The molecule has 0 aliphatic heterocycles. The number of rotatable bonds is 7. The first-order valence-electron chi connectivity index (χ1n) is 10.7. The summed E-state index contributed by atoms with van der Waals surface area (Å²) < 4.78 is 0. The molecule has 2 N–H and O–H groups in total. The summed E-state index contributed by atoms with van der Waals surface area (Å²) in [4.78, 5) is 27.9. The van der Waals surface area contributed by atoms with Gasteiger partial charge in [-0.05, 0) is 60.5 Å². The Morgan fingerprint density at radius 1 is 1.00 bits per heavy atom. The predicted octanol–water partition coefficient (Wildman–Crippen LogP) is 4.59. The molecule has 4 rings (SSSR count). The molecule has 0 saturated carbocycles. The van der Waals surface area contributed by atoms with Gasteiger partial charge in [-0.25, -0.2) is 9.97 Å². The lowest BCUT2D eigenvalue weighted by Gasteiger charge is -2.13. The number of hydrogen-bond donors (Lipinski definition) is 2. The van der Waals surface area contributed by atoms with Crippen molar-refractivity contribution in [3.05, 3.63) is 95.9 Å². The van der Waals surface area contributed by atoms with Gasteiger partial charge in [-0.15, -0.1) is 0 Å². The Morgan fingerprint density at radius 2 is 1.82 bits per heavy atom. The second kappa shape index (κ2) is 9.91. The van der Waals surface area contributed by atoms with Crippen LogP contribution in [0.15, 0.2) is 79.3 Å². The Hall–Kier alpha value is -4.26. The zero-order valence-corrected chi connectivity index (χ0v) is 18.9. The lowest BCUT2D eigenvalue weighted by molar-refractivity contribution is 0.0951. The van der Waals surface area contributed by atoms with E-state index in [2.05, 4.69) is 25.6 Å². The number of nitrogens with zero attached hydrogens (tertiary/aromatic N) is 4. The van der Waals surface area contributed by atoms with Crippen molar-refractivity contribution in [3.8, 4) is 11.3 Å². The van der Waals surface area contributed by atoms with E-state index in [1.54, 1.807) is 18.6 Å². The highest BCUT2D eigenvalue weighted by Crippen LogP contribution is 2.22. The van der Waals surface area contributed by atoms with E-state index in [1.165, 1.54) is 0 Å². The van der Waals surface area contributed by atoms with Crippen LogP contribution in [0.25, 0.3) is 11.3 Å². The number of aromatic nitrogens is 3. The van der Waals surface area contributed by atoms with Gasteiger partial charge >= 0.3 is 0 Å². The number of nitrogens with one attached hydrogen (secondary N) is 2. The summed E-state index contributed by atoms with van der Waals surface area (Å²) in [5.74, 6) is 0.317. The maximum Gasteiger partial charge on any atom is 0.251 e. The molecule has 0 aliphatic carbocycles. The van der Waals surface area contributed by atoms with E-state index in [1.807, 2.05) is 86.6 Å². The number of benzene rings is 2. The van der Waals surface area contributed by atoms with Crippen molar-refractivity contribution in [2.45, 2.75) is 13.5 Å². The van der Waals surface area contributed by atoms with Gasteiger partial charge in [0, 0.05) is 61.7 Å². The Labute approximate surface area is 193 Å². The third-order valence-electron chi connectivity index (χ3n) is 5.26. The van der Waals surface area contributed by atoms with Crippen LogP contribution in [0.5, 0.6) is 0 Å². The lowest BCUT2D eigenvalue weighted by atomic mass is 10.1. The minimum Gasteiger partial charge on any atom is -0.378 e. The first kappa shape index (κ1) is 22.0. The Morgan fingerprint density at radius 3 is 2.55 bits per heavy atom. The zero-order chi connectivity index (χ0) is 23.2. The van der Waals surface area contributed by atoms with Crippen molar-refractivity contribution in [3.63, 3.8) is 0 Å². The molecule has 2 heterocycles. The topological polar surface area (TPSA) is 83.0 Å². The molecular weight excluding hydrogens is 412 g/mol. The molecule has 33 heavy (non-hydrogen) atoms. The molecule has 4 aromatic rings. The van der Waals surface area contributed by atoms with Crippen LogP contribution in [0.1, 0.15) is 21.5 Å². The highest BCUT2D eigenvalue weighted by Gasteiger charge is 2.10. The molecule has 0 radical (unpaired) electrons. The van der Waals surface area contributed by atoms with Gasteiger partial charge in [0.15, 0.2) is 0 Å². The Kier molecular flexibility index (Phi) is 6.59. The summed E-state index contributed by atoms with van der Waals surface area (Å²) in [6.45, 7) is 2.43. The van der Waals surface area contributed by atoms with E-state index >= 15 is 0 Å². The van der Waals surface area contributed by atoms with E-state index < -0.39 is 0 Å². The number of pyridine rings is 1. The van der Waals surface area contributed by atoms with Gasteiger partial charge in [0.05, 0.1) is 5.69 Å². The van der Waals surface area contributed by atoms with Gasteiger partial charge in [0.2, 0.25) is 5.95 Å². The minimum absolute atomic E-state index is 0.139. The quantitative estimate of drug-likeness (QED) is 0.439. The van der Waals surface area contributed by atoms with Crippen LogP contribution in [-0.2, 0) is 6.54 Å². The van der Waals surface area contributed by atoms with Gasteiger partial charge in [-0.1, -0.05) is 18.2 Å². The second-order valence-corrected chi connectivity index (χ2v) is 7.91. The summed E-state index contributed by atoms with van der Waals surface area (Å²) >= 11 is 0. The fourth-order valence-corrected chi connectivity index (χ4v) is 3.31. The van der Waals surface area contributed by atoms with Gasteiger partial charge < -0.3 is 15.5 Å². The lowest BCUT2D eigenvalue weighted by Crippen LogP contribution is -2.23. The van der Waals surface area contributed by atoms with Crippen molar-refractivity contribution < 1.29 is 4.79 Å². The molecule has 2 aromatic carbocycles. The van der Waals surface area contributed by atoms with Crippen molar-refractivity contribution in [2.75, 3.05) is 24.3 Å². The van der Waals surface area contributed by atoms with Crippen LogP contribution < -0.4 is 15.5 Å². The molecule has 7 heteroatoms. The molecule has 0 bridgehead atoms. The molecule has 0 aliphatic rings. The molecule has 1 amide bonds. The van der Waals surface area contributed by atoms with Gasteiger partial charge in [-0.3, -0.25) is 9.78 Å². The van der Waals surface area contributed by atoms with Crippen LogP contribution in [0, 0.1) is 6.92 Å². The molecule has 166 valence electrons. The van der Waals surface area contributed by atoms with Crippen LogP contribution >= 0.6 is 0 Å². The number of hydrogen-bond acceptors (Lipinski definition) is 6. The standard InChI is InChI=1S/C26H26N6O/c1-18-6-9-20(25(33)29-16-19-7-10-22(11-8-19)32(2)3)15-24(18)31-26-28-14-12-23(30-26)21-5-4-13-27-17-21/h4-15,17H,16H2,1-3H3,(H,29,33)(H,28,30,31). The molecule has 0 spiro atoms. The van der Waals surface area contributed by atoms with E-state index in [4.69, 9.17) is 0 Å². The first-order valence-corrected chi connectivity index (χ1v) is 10.7. The zero-order valence-electron chi connectivity index (χ0n) is 18.9. The average molecular weight is 439 g/mol. The van der Waals surface area contributed by atoms with Crippen LogP contribution in [-0.4, -0.2) is 35.0 Å². The Bertz CT molecular complexity index is 1240. The number of amides is 1. The summed E-state index contributed by atoms with van der Waals surface area (Å²) in [5, 5.41) is 6.23. The maximum absolute atomic E-state index is 12.8. The van der Waals surface area contributed by atoms with Crippen molar-refractivity contribution in [1.82, 2.24) is 20.3 Å². The minimum atomic E-state index is -0.139. The van der Waals surface area contributed by atoms with Crippen LogP contribution in [0.4, 0.5) is 17.3 Å². The van der Waals surface area contributed by atoms with Gasteiger partial charge in [0.1, 0.15) is 0 Å².